The topological polar surface area (TPSA) is 17.1 Å². The van der Waals surface area contributed by atoms with Gasteiger partial charge in [-0.2, -0.15) is 0 Å². The summed E-state index contributed by atoms with van der Waals surface area (Å²) < 4.78 is 0. The number of hydrogen-bond acceptors (Lipinski definition) is 1. The van der Waals surface area contributed by atoms with Crippen LogP contribution in [0.25, 0.3) is 0 Å². The lowest BCUT2D eigenvalue weighted by molar-refractivity contribution is -0.129. The van der Waals surface area contributed by atoms with E-state index in [1.807, 2.05) is 0 Å². The Bertz CT molecular complexity index is 280. The van der Waals surface area contributed by atoms with Crippen molar-refractivity contribution < 1.29 is 4.79 Å². The minimum Gasteiger partial charge on any atom is -0.299 e. The molecule has 0 aromatic carbocycles. The van der Waals surface area contributed by atoms with E-state index in [0.29, 0.717) is 17.6 Å². The van der Waals surface area contributed by atoms with Gasteiger partial charge in [0.05, 0.1) is 0 Å². The average Bonchev–Trinajstić information content (AvgIpc) is 2.53. The van der Waals surface area contributed by atoms with Gasteiger partial charge < -0.3 is 0 Å². The van der Waals surface area contributed by atoms with E-state index in [1.54, 1.807) is 0 Å². The van der Waals surface area contributed by atoms with Crippen LogP contribution in [0.15, 0.2) is 0 Å². The molecule has 1 nitrogen and oxygen atoms in total. The molecular formula is C19H34O. The van der Waals surface area contributed by atoms with E-state index in [4.69, 9.17) is 0 Å². The molecule has 2 aliphatic carbocycles. The number of unbranched alkanes of at least 4 members (excludes halogenated alkanes) is 1. The molecule has 2 rings (SSSR count). The van der Waals surface area contributed by atoms with E-state index in [-0.39, 0.29) is 0 Å². The van der Waals surface area contributed by atoms with Gasteiger partial charge in [0, 0.05) is 11.8 Å². The first kappa shape index (κ1) is 16.0. The van der Waals surface area contributed by atoms with Gasteiger partial charge in [0.15, 0.2) is 0 Å². The third kappa shape index (κ3) is 4.33. The van der Waals surface area contributed by atoms with Gasteiger partial charge in [-0.1, -0.05) is 39.5 Å². The van der Waals surface area contributed by atoms with Crippen LogP contribution in [0.5, 0.6) is 0 Å². The lowest BCUT2D eigenvalue weighted by atomic mass is 9.71. The summed E-state index contributed by atoms with van der Waals surface area (Å²) in [5.41, 5.74) is 0. The predicted octanol–water partition coefficient (Wildman–Crippen LogP) is 5.77. The summed E-state index contributed by atoms with van der Waals surface area (Å²) in [5, 5.41) is 0. The van der Waals surface area contributed by atoms with Crippen molar-refractivity contribution in [2.75, 3.05) is 0 Å². The number of hydrogen-bond donors (Lipinski definition) is 0. The first-order chi connectivity index (χ1) is 9.74. The molecular weight excluding hydrogens is 244 g/mol. The summed E-state index contributed by atoms with van der Waals surface area (Å²) in [7, 11) is 0. The highest BCUT2D eigenvalue weighted by atomic mass is 16.1. The second-order valence-corrected chi connectivity index (χ2v) is 7.39. The summed E-state index contributed by atoms with van der Waals surface area (Å²) in [4.78, 5) is 12.7. The Morgan fingerprint density at radius 2 is 1.30 bits per heavy atom. The van der Waals surface area contributed by atoms with Crippen molar-refractivity contribution in [3.05, 3.63) is 0 Å². The largest absolute Gasteiger partial charge is 0.299 e. The summed E-state index contributed by atoms with van der Waals surface area (Å²) in [6.45, 7) is 4.58. The van der Waals surface area contributed by atoms with Crippen LogP contribution < -0.4 is 0 Å². The Balaban J connectivity index is 1.72. The molecule has 0 heterocycles. The highest BCUT2D eigenvalue weighted by Gasteiger charge is 2.32. The lowest BCUT2D eigenvalue weighted by Crippen LogP contribution is -2.30. The molecule has 0 spiro atoms. The summed E-state index contributed by atoms with van der Waals surface area (Å²) >= 11 is 0. The number of ketones is 1. The van der Waals surface area contributed by atoms with Gasteiger partial charge in [-0.15, -0.1) is 0 Å². The minimum absolute atomic E-state index is 0.426. The van der Waals surface area contributed by atoms with Crippen molar-refractivity contribution in [3.8, 4) is 0 Å². The van der Waals surface area contributed by atoms with Crippen LogP contribution in [0.3, 0.4) is 0 Å². The summed E-state index contributed by atoms with van der Waals surface area (Å²) in [5.74, 6) is 3.33. The van der Waals surface area contributed by atoms with E-state index in [9.17, 15) is 4.79 Å². The van der Waals surface area contributed by atoms with Crippen molar-refractivity contribution >= 4 is 5.78 Å². The van der Waals surface area contributed by atoms with Gasteiger partial charge in [0.25, 0.3) is 0 Å². The fourth-order valence-corrected chi connectivity index (χ4v) is 4.42. The molecule has 0 bridgehead atoms. The number of rotatable bonds is 6. The summed E-state index contributed by atoms with van der Waals surface area (Å²) in [6, 6.07) is 0. The van der Waals surface area contributed by atoms with Crippen molar-refractivity contribution in [3.63, 3.8) is 0 Å². The third-order valence-electron chi connectivity index (χ3n) is 6.04. The molecule has 0 aliphatic heterocycles. The highest BCUT2D eigenvalue weighted by molar-refractivity contribution is 5.83. The zero-order chi connectivity index (χ0) is 14.4. The van der Waals surface area contributed by atoms with Gasteiger partial charge in [-0.05, 0) is 63.2 Å². The van der Waals surface area contributed by atoms with E-state index in [2.05, 4.69) is 13.8 Å². The second-order valence-electron chi connectivity index (χ2n) is 7.39. The molecule has 0 radical (unpaired) electrons. The molecule has 0 amide bonds. The maximum absolute atomic E-state index is 12.7. The summed E-state index contributed by atoms with van der Waals surface area (Å²) in [6.07, 6.45) is 15.4. The Morgan fingerprint density at radius 1 is 0.800 bits per heavy atom. The van der Waals surface area contributed by atoms with Crippen molar-refractivity contribution in [1.29, 1.82) is 0 Å². The maximum atomic E-state index is 12.7. The van der Waals surface area contributed by atoms with Crippen LogP contribution in [0.1, 0.15) is 90.9 Å². The second kappa shape index (κ2) is 8.20. The van der Waals surface area contributed by atoms with Crippen molar-refractivity contribution in [2.24, 2.45) is 23.7 Å². The molecule has 116 valence electrons. The van der Waals surface area contributed by atoms with Crippen molar-refractivity contribution in [1.82, 2.24) is 0 Å². The van der Waals surface area contributed by atoms with Gasteiger partial charge in [-0.3, -0.25) is 4.79 Å². The van der Waals surface area contributed by atoms with Crippen LogP contribution in [0.4, 0.5) is 0 Å². The Morgan fingerprint density at radius 3 is 1.75 bits per heavy atom. The van der Waals surface area contributed by atoms with Gasteiger partial charge in [0.1, 0.15) is 5.78 Å². The van der Waals surface area contributed by atoms with Gasteiger partial charge >= 0.3 is 0 Å². The van der Waals surface area contributed by atoms with Gasteiger partial charge in [-0.25, -0.2) is 0 Å². The Labute approximate surface area is 125 Å². The van der Waals surface area contributed by atoms with E-state index < -0.39 is 0 Å². The zero-order valence-electron chi connectivity index (χ0n) is 13.7. The van der Waals surface area contributed by atoms with Gasteiger partial charge in [0.2, 0.25) is 0 Å². The fraction of sp³-hybridized carbons (Fsp3) is 0.947. The molecule has 0 aromatic heterocycles. The van der Waals surface area contributed by atoms with Crippen LogP contribution in [-0.4, -0.2) is 5.78 Å². The Hall–Kier alpha value is -0.330. The normalized spacial score (nSPS) is 34.9. The molecule has 0 unspecified atom stereocenters. The van der Waals surface area contributed by atoms with Crippen molar-refractivity contribution in [2.45, 2.75) is 90.9 Å². The minimum atomic E-state index is 0.426. The van der Waals surface area contributed by atoms with E-state index >= 15 is 0 Å². The zero-order valence-corrected chi connectivity index (χ0v) is 13.7. The fourth-order valence-electron chi connectivity index (χ4n) is 4.42. The quantitative estimate of drug-likeness (QED) is 0.603. The molecule has 2 aliphatic rings. The molecule has 0 saturated heterocycles. The molecule has 0 N–H and O–H groups in total. The number of carbonyl (C=O) groups is 1. The smallest absolute Gasteiger partial charge is 0.139 e. The van der Waals surface area contributed by atoms with E-state index in [0.717, 1.165) is 11.8 Å². The first-order valence-corrected chi connectivity index (χ1v) is 9.28. The van der Waals surface area contributed by atoms with Crippen LogP contribution in [0, 0.1) is 23.7 Å². The monoisotopic (exact) mass is 278 g/mol. The van der Waals surface area contributed by atoms with Crippen LogP contribution in [-0.2, 0) is 4.79 Å². The molecule has 20 heavy (non-hydrogen) atoms. The lowest BCUT2D eigenvalue weighted by Gasteiger charge is -2.33. The standard InChI is InChI=1S/C19H34O/c1-3-5-6-16-9-13-18(14-10-16)19(20)17-11-7-15(4-2)8-12-17/h15-18H,3-14H2,1-2H3. The van der Waals surface area contributed by atoms with Crippen LogP contribution in [0.2, 0.25) is 0 Å². The third-order valence-corrected chi connectivity index (χ3v) is 6.04. The number of carbonyl (C=O) groups excluding carboxylic acids is 1. The SMILES string of the molecule is CCCCC1CCC(C(=O)C2CCC(CC)CC2)CC1. The molecule has 1 heteroatoms. The number of Topliss-reactive ketones (excluding diaryl/α,β-unsaturated/α-hetero) is 1. The molecule has 2 fully saturated rings. The van der Waals surface area contributed by atoms with E-state index in [1.165, 1.54) is 77.0 Å². The van der Waals surface area contributed by atoms with Crippen LogP contribution >= 0.6 is 0 Å². The Kier molecular flexibility index (Phi) is 6.58. The average molecular weight is 278 g/mol. The molecule has 2 saturated carbocycles. The molecule has 0 aromatic rings. The molecule has 0 atom stereocenters. The highest BCUT2D eigenvalue weighted by Crippen LogP contribution is 2.38. The predicted molar refractivity (Wildman–Crippen MR) is 85.7 cm³/mol. The first-order valence-electron chi connectivity index (χ1n) is 9.28. The maximum Gasteiger partial charge on any atom is 0.139 e.